The molecule has 12 rings (SSSR count). The molecule has 0 N–H and O–H groups in total. The van der Waals surface area contributed by atoms with Crippen LogP contribution in [0.1, 0.15) is 0 Å². The number of thiophene rings is 1. The second kappa shape index (κ2) is 13.1. The Balaban J connectivity index is 1.01. The van der Waals surface area contributed by atoms with Crippen LogP contribution in [0.15, 0.2) is 209 Å². The van der Waals surface area contributed by atoms with Crippen molar-refractivity contribution in [1.82, 2.24) is 0 Å². The first-order chi connectivity index (χ1) is 28.7. The highest BCUT2D eigenvalue weighted by Crippen LogP contribution is 2.47. The first kappa shape index (κ1) is 32.8. The van der Waals surface area contributed by atoms with E-state index in [1.165, 1.54) is 31.3 Å². The van der Waals surface area contributed by atoms with E-state index in [-0.39, 0.29) is 0 Å². The molecule has 0 radical (unpaired) electrons. The molecule has 0 aliphatic heterocycles. The SMILES string of the molecule is c1ccc(-c2ccc3sc4c(N(c5ccc(-c6cccc7c6oc6ccccc67)cc5)c5ccc(-c6cccc7c6oc6ccccc67)cc5)cccc4c3c2)cc1. The number of para-hydroxylation sites is 4. The van der Waals surface area contributed by atoms with E-state index in [4.69, 9.17) is 8.83 Å². The van der Waals surface area contributed by atoms with Crippen LogP contribution in [-0.4, -0.2) is 0 Å². The third-order valence-corrected chi connectivity index (χ3v) is 12.7. The second-order valence-electron chi connectivity index (χ2n) is 14.8. The van der Waals surface area contributed by atoms with E-state index in [1.54, 1.807) is 0 Å². The van der Waals surface area contributed by atoms with E-state index >= 15 is 0 Å². The Labute approximate surface area is 338 Å². The zero-order valence-electron chi connectivity index (χ0n) is 31.2. The highest BCUT2D eigenvalue weighted by Gasteiger charge is 2.20. The van der Waals surface area contributed by atoms with Crippen molar-refractivity contribution in [3.8, 4) is 33.4 Å². The summed E-state index contributed by atoms with van der Waals surface area (Å²) in [7, 11) is 0. The molecule has 3 aromatic heterocycles. The molecular weight excluding hydrogens is 727 g/mol. The minimum Gasteiger partial charge on any atom is -0.455 e. The predicted octanol–water partition coefficient (Wildman–Crippen LogP) is 16.3. The monoisotopic (exact) mass is 759 g/mol. The van der Waals surface area contributed by atoms with E-state index in [9.17, 15) is 0 Å². The molecule has 0 aliphatic carbocycles. The minimum absolute atomic E-state index is 0.903. The van der Waals surface area contributed by atoms with Crippen LogP contribution in [-0.2, 0) is 0 Å². The van der Waals surface area contributed by atoms with E-state index in [0.29, 0.717) is 0 Å². The van der Waals surface area contributed by atoms with Gasteiger partial charge in [-0.05, 0) is 76.9 Å². The van der Waals surface area contributed by atoms with Gasteiger partial charge >= 0.3 is 0 Å². The van der Waals surface area contributed by atoms with Crippen molar-refractivity contribution in [2.75, 3.05) is 4.90 Å². The third kappa shape index (κ3) is 5.19. The molecule has 12 aromatic rings. The maximum Gasteiger partial charge on any atom is 0.143 e. The number of anilines is 3. The highest BCUT2D eigenvalue weighted by atomic mass is 32.1. The van der Waals surface area contributed by atoms with E-state index in [2.05, 4.69) is 181 Å². The van der Waals surface area contributed by atoms with Gasteiger partial charge in [0.05, 0.1) is 10.4 Å². The van der Waals surface area contributed by atoms with Crippen LogP contribution >= 0.6 is 11.3 Å². The number of hydrogen-bond acceptors (Lipinski definition) is 4. The Bertz CT molecular complexity index is 3340. The van der Waals surface area contributed by atoms with Gasteiger partial charge in [0.1, 0.15) is 22.3 Å². The van der Waals surface area contributed by atoms with E-state index < -0.39 is 0 Å². The van der Waals surface area contributed by atoms with Crippen molar-refractivity contribution in [3.63, 3.8) is 0 Å². The lowest BCUT2D eigenvalue weighted by atomic mass is 10.0. The van der Waals surface area contributed by atoms with Gasteiger partial charge in [-0.2, -0.15) is 0 Å². The molecular formula is C54H33NO2S. The van der Waals surface area contributed by atoms with Gasteiger partial charge in [-0.15, -0.1) is 11.3 Å². The molecule has 9 aromatic carbocycles. The number of hydrogen-bond donors (Lipinski definition) is 0. The topological polar surface area (TPSA) is 29.5 Å². The minimum atomic E-state index is 0.903. The quantitative estimate of drug-likeness (QED) is 0.169. The highest BCUT2D eigenvalue weighted by molar-refractivity contribution is 7.26. The summed E-state index contributed by atoms with van der Waals surface area (Å²) in [5, 5.41) is 7.05. The lowest BCUT2D eigenvalue weighted by Crippen LogP contribution is -2.10. The zero-order chi connectivity index (χ0) is 38.2. The lowest BCUT2D eigenvalue weighted by molar-refractivity contribution is 0.669. The molecule has 0 amide bonds. The van der Waals surface area contributed by atoms with Crippen molar-refractivity contribution in [2.45, 2.75) is 0 Å². The first-order valence-corrected chi connectivity index (χ1v) is 20.4. The van der Waals surface area contributed by atoms with Crippen LogP contribution in [0.2, 0.25) is 0 Å². The molecule has 0 atom stereocenters. The summed E-state index contributed by atoms with van der Waals surface area (Å²) < 4.78 is 15.4. The van der Waals surface area contributed by atoms with Crippen LogP contribution in [0.25, 0.3) is 97.4 Å². The summed E-state index contributed by atoms with van der Waals surface area (Å²) >= 11 is 1.85. The smallest absolute Gasteiger partial charge is 0.143 e. The van der Waals surface area contributed by atoms with Gasteiger partial charge < -0.3 is 13.7 Å². The fourth-order valence-electron chi connectivity index (χ4n) is 8.73. The summed E-state index contributed by atoms with van der Waals surface area (Å²) in [6, 6.07) is 71.4. The first-order valence-electron chi connectivity index (χ1n) is 19.6. The average molecular weight is 760 g/mol. The standard InChI is InChI=1S/C54H33NO2S/c1-2-11-34(12-3-1)37-27-32-51-47(33-37)46-19-10-20-48(54(46)58-51)55(38-28-23-35(24-29-38)40-15-8-17-44-42-13-4-6-21-49(42)56-52(40)44)39-30-25-36(26-31-39)41-16-9-18-45-43-14-5-7-22-50(43)57-53(41)45/h1-33H. The predicted molar refractivity (Wildman–Crippen MR) is 245 cm³/mol. The summed E-state index contributed by atoms with van der Waals surface area (Å²) in [6.45, 7) is 0. The molecule has 0 unspecified atom stereocenters. The molecule has 0 spiro atoms. The molecule has 58 heavy (non-hydrogen) atoms. The fraction of sp³-hybridized carbons (Fsp3) is 0. The maximum absolute atomic E-state index is 6.44. The number of benzene rings is 9. The molecule has 0 aliphatic rings. The zero-order valence-corrected chi connectivity index (χ0v) is 32.0. The number of nitrogens with zero attached hydrogens (tertiary/aromatic N) is 1. The van der Waals surface area contributed by atoms with Crippen molar-refractivity contribution in [1.29, 1.82) is 0 Å². The third-order valence-electron chi connectivity index (χ3n) is 11.5. The molecule has 0 saturated carbocycles. The molecule has 0 saturated heterocycles. The summed E-state index contributed by atoms with van der Waals surface area (Å²) in [6.07, 6.45) is 0. The summed E-state index contributed by atoms with van der Waals surface area (Å²) in [5.74, 6) is 0. The Hall–Kier alpha value is -7.40. The second-order valence-corrected chi connectivity index (χ2v) is 15.9. The van der Waals surface area contributed by atoms with Crippen LogP contribution in [0, 0.1) is 0 Å². The molecule has 272 valence electrons. The number of furan rings is 2. The van der Waals surface area contributed by atoms with E-state index in [1.807, 2.05) is 35.6 Å². The van der Waals surface area contributed by atoms with Crippen LogP contribution in [0.4, 0.5) is 17.1 Å². The largest absolute Gasteiger partial charge is 0.455 e. The van der Waals surface area contributed by atoms with Gasteiger partial charge in [0, 0.05) is 59.5 Å². The van der Waals surface area contributed by atoms with Gasteiger partial charge in [-0.1, -0.05) is 146 Å². The molecule has 0 bridgehead atoms. The van der Waals surface area contributed by atoms with Gasteiger partial charge in [0.2, 0.25) is 0 Å². The van der Waals surface area contributed by atoms with Gasteiger partial charge in [-0.25, -0.2) is 0 Å². The normalized spacial score (nSPS) is 11.8. The fourth-order valence-corrected chi connectivity index (χ4v) is 9.91. The number of fused-ring (bicyclic) bond motifs is 9. The van der Waals surface area contributed by atoms with Gasteiger partial charge in [0.25, 0.3) is 0 Å². The Morgan fingerprint density at radius 1 is 0.345 bits per heavy atom. The molecule has 4 heteroatoms. The maximum atomic E-state index is 6.44. The average Bonchev–Trinajstić information content (AvgIpc) is 3.99. The number of rotatable bonds is 6. The van der Waals surface area contributed by atoms with Crippen LogP contribution in [0.5, 0.6) is 0 Å². The van der Waals surface area contributed by atoms with Crippen molar-refractivity contribution in [3.05, 3.63) is 200 Å². The Kier molecular flexibility index (Phi) is 7.40. The lowest BCUT2D eigenvalue weighted by Gasteiger charge is -2.26. The molecule has 3 nitrogen and oxygen atoms in total. The molecule has 3 heterocycles. The summed E-state index contributed by atoms with van der Waals surface area (Å²) in [4.78, 5) is 2.40. The van der Waals surface area contributed by atoms with Gasteiger partial charge in [0.15, 0.2) is 0 Å². The summed E-state index contributed by atoms with van der Waals surface area (Å²) in [5.41, 5.74) is 13.7. The van der Waals surface area contributed by atoms with Crippen LogP contribution in [0.3, 0.4) is 0 Å². The van der Waals surface area contributed by atoms with Crippen molar-refractivity contribution >= 4 is 92.4 Å². The van der Waals surface area contributed by atoms with Crippen molar-refractivity contribution in [2.24, 2.45) is 0 Å². The van der Waals surface area contributed by atoms with E-state index in [0.717, 1.165) is 83.2 Å². The Morgan fingerprint density at radius 3 is 1.45 bits per heavy atom. The molecule has 0 fully saturated rings. The van der Waals surface area contributed by atoms with Crippen LogP contribution < -0.4 is 4.90 Å². The Morgan fingerprint density at radius 2 is 0.845 bits per heavy atom. The van der Waals surface area contributed by atoms with Gasteiger partial charge in [-0.3, -0.25) is 0 Å². The van der Waals surface area contributed by atoms with Crippen molar-refractivity contribution < 1.29 is 8.83 Å².